The van der Waals surface area contributed by atoms with Crippen LogP contribution in [0.25, 0.3) is 0 Å². The van der Waals surface area contributed by atoms with E-state index in [0.29, 0.717) is 0 Å². The molecule has 0 unspecified atom stereocenters. The van der Waals surface area contributed by atoms with Crippen LogP contribution in [0.4, 0.5) is 17.6 Å². The van der Waals surface area contributed by atoms with Crippen LogP contribution < -0.4 is 9.32 Å². The van der Waals surface area contributed by atoms with Gasteiger partial charge in [0, 0.05) is 6.07 Å². The van der Waals surface area contributed by atoms with E-state index in [1.165, 1.54) is 0 Å². The molecule has 9 heteroatoms. The zero-order chi connectivity index (χ0) is 11.8. The van der Waals surface area contributed by atoms with Gasteiger partial charge in [-0.25, -0.2) is 8.78 Å². The van der Waals surface area contributed by atoms with Crippen LogP contribution in [0.1, 0.15) is 0 Å². The molecule has 1 rings (SSSR count). The van der Waals surface area contributed by atoms with Crippen molar-refractivity contribution in [2.24, 2.45) is 5.14 Å². The number of nitrogens with two attached hydrogens (primary N) is 1. The van der Waals surface area contributed by atoms with Crippen LogP contribution in [0.2, 0.25) is 0 Å². The molecule has 0 radical (unpaired) electrons. The molecular formula is C6H3F4NO3S. The number of rotatable bonds is 2. The summed E-state index contributed by atoms with van der Waals surface area (Å²) in [5.41, 5.74) is 0. The Balaban J connectivity index is 3.40. The summed E-state index contributed by atoms with van der Waals surface area (Å²) in [5, 5.41) is 4.28. The van der Waals surface area contributed by atoms with Gasteiger partial charge < -0.3 is 4.18 Å². The maximum Gasteiger partial charge on any atom is 0.380 e. The van der Waals surface area contributed by atoms with E-state index in [4.69, 9.17) is 0 Å². The molecule has 4 nitrogen and oxygen atoms in total. The van der Waals surface area contributed by atoms with Gasteiger partial charge in [-0.1, -0.05) is 0 Å². The first-order valence-corrected chi connectivity index (χ1v) is 4.74. The van der Waals surface area contributed by atoms with Crippen LogP contribution in [0, 0.1) is 23.3 Å². The molecule has 0 amide bonds. The average molecular weight is 245 g/mol. The Hall–Kier alpha value is -1.35. The zero-order valence-corrected chi connectivity index (χ0v) is 7.62. The largest absolute Gasteiger partial charge is 0.380 e. The van der Waals surface area contributed by atoms with Gasteiger partial charge in [0.05, 0.1) is 0 Å². The van der Waals surface area contributed by atoms with Gasteiger partial charge >= 0.3 is 10.3 Å². The highest BCUT2D eigenvalue weighted by atomic mass is 32.2. The van der Waals surface area contributed by atoms with Gasteiger partial charge in [-0.15, -0.1) is 0 Å². The van der Waals surface area contributed by atoms with Crippen molar-refractivity contribution >= 4 is 10.3 Å². The highest BCUT2D eigenvalue weighted by molar-refractivity contribution is 7.84. The number of hydrogen-bond acceptors (Lipinski definition) is 3. The molecule has 15 heavy (non-hydrogen) atoms. The standard InChI is InChI=1S/C6H3F4NO3S/c7-2-1-3(8)5(10)6(4(2)9)14-15(11,12)13/h1H,(H2,11,12,13). The molecular weight excluding hydrogens is 242 g/mol. The Morgan fingerprint density at radius 3 is 1.80 bits per heavy atom. The third kappa shape index (κ3) is 2.57. The first-order chi connectivity index (χ1) is 6.72. The molecule has 0 aliphatic carbocycles. The summed E-state index contributed by atoms with van der Waals surface area (Å²) in [5.74, 6) is -9.30. The summed E-state index contributed by atoms with van der Waals surface area (Å²) >= 11 is 0. The van der Waals surface area contributed by atoms with Gasteiger partial charge in [-0.2, -0.15) is 22.3 Å². The first-order valence-electron chi connectivity index (χ1n) is 3.27. The van der Waals surface area contributed by atoms with E-state index in [9.17, 15) is 26.0 Å². The maximum atomic E-state index is 12.7. The van der Waals surface area contributed by atoms with E-state index >= 15 is 0 Å². The Bertz CT molecular complexity index is 475. The van der Waals surface area contributed by atoms with Crippen LogP contribution in [0.15, 0.2) is 6.07 Å². The predicted octanol–water partition coefficient (Wildman–Crippen LogP) is 0.825. The van der Waals surface area contributed by atoms with E-state index < -0.39 is 39.3 Å². The topological polar surface area (TPSA) is 69.4 Å². The van der Waals surface area contributed by atoms with Gasteiger partial charge in [0.1, 0.15) is 0 Å². The highest BCUT2D eigenvalue weighted by Crippen LogP contribution is 2.26. The van der Waals surface area contributed by atoms with Crippen molar-refractivity contribution < 1.29 is 30.2 Å². The molecule has 0 aliphatic rings. The van der Waals surface area contributed by atoms with Crippen LogP contribution in [-0.4, -0.2) is 8.42 Å². The lowest BCUT2D eigenvalue weighted by Gasteiger charge is -2.05. The Morgan fingerprint density at radius 1 is 1.07 bits per heavy atom. The smallest absolute Gasteiger partial charge is 0.364 e. The van der Waals surface area contributed by atoms with Crippen LogP contribution >= 0.6 is 0 Å². The Labute approximate surface area is 81.5 Å². The molecule has 0 aliphatic heterocycles. The van der Waals surface area contributed by atoms with E-state index in [1.807, 2.05) is 0 Å². The van der Waals surface area contributed by atoms with Crippen molar-refractivity contribution in [1.29, 1.82) is 0 Å². The van der Waals surface area contributed by atoms with Gasteiger partial charge in [0.2, 0.25) is 17.4 Å². The van der Waals surface area contributed by atoms with Gasteiger partial charge in [0.25, 0.3) is 0 Å². The quantitative estimate of drug-likeness (QED) is 0.619. The summed E-state index contributed by atoms with van der Waals surface area (Å²) in [6.45, 7) is 0. The number of benzene rings is 1. The molecule has 2 N–H and O–H groups in total. The second-order valence-electron chi connectivity index (χ2n) is 2.37. The molecule has 0 saturated heterocycles. The Morgan fingerprint density at radius 2 is 1.47 bits per heavy atom. The maximum absolute atomic E-state index is 12.7. The van der Waals surface area contributed by atoms with E-state index in [-0.39, 0.29) is 6.07 Å². The molecule has 1 aromatic carbocycles. The number of hydrogen-bond donors (Lipinski definition) is 1. The summed E-state index contributed by atoms with van der Waals surface area (Å²) in [6.07, 6.45) is 0. The summed E-state index contributed by atoms with van der Waals surface area (Å²) in [6, 6.07) is -0.0966. The zero-order valence-electron chi connectivity index (χ0n) is 6.80. The van der Waals surface area contributed by atoms with Crippen molar-refractivity contribution in [2.75, 3.05) is 0 Å². The second-order valence-corrected chi connectivity index (χ2v) is 3.53. The van der Waals surface area contributed by atoms with Crippen molar-refractivity contribution in [3.63, 3.8) is 0 Å². The van der Waals surface area contributed by atoms with Crippen molar-refractivity contribution in [2.45, 2.75) is 0 Å². The third-order valence-electron chi connectivity index (χ3n) is 1.27. The first kappa shape index (κ1) is 11.7. The highest BCUT2D eigenvalue weighted by Gasteiger charge is 2.23. The van der Waals surface area contributed by atoms with Gasteiger partial charge in [0.15, 0.2) is 11.6 Å². The van der Waals surface area contributed by atoms with Crippen LogP contribution in [-0.2, 0) is 10.3 Å². The summed E-state index contributed by atoms with van der Waals surface area (Å²) in [4.78, 5) is 0. The van der Waals surface area contributed by atoms with Crippen molar-refractivity contribution in [3.8, 4) is 5.75 Å². The second kappa shape index (κ2) is 3.66. The third-order valence-corrected chi connectivity index (χ3v) is 1.67. The Kier molecular flexibility index (Phi) is 2.86. The molecule has 0 aromatic heterocycles. The fraction of sp³-hybridized carbons (Fsp3) is 0. The lowest BCUT2D eigenvalue weighted by Crippen LogP contribution is -2.21. The lowest BCUT2D eigenvalue weighted by molar-refractivity contribution is 0.389. The molecule has 0 spiro atoms. The van der Waals surface area contributed by atoms with Crippen LogP contribution in [0.3, 0.4) is 0 Å². The minimum atomic E-state index is -4.77. The fourth-order valence-corrected chi connectivity index (χ4v) is 1.12. The van der Waals surface area contributed by atoms with E-state index in [0.717, 1.165) is 0 Å². The molecule has 0 fully saturated rings. The number of halogens is 4. The average Bonchev–Trinajstić information content (AvgIpc) is 2.08. The van der Waals surface area contributed by atoms with E-state index in [2.05, 4.69) is 9.32 Å². The minimum absolute atomic E-state index is 0.0966. The van der Waals surface area contributed by atoms with Crippen LogP contribution in [0.5, 0.6) is 5.75 Å². The van der Waals surface area contributed by atoms with Crippen molar-refractivity contribution in [3.05, 3.63) is 29.3 Å². The SMILES string of the molecule is NS(=O)(=O)Oc1c(F)c(F)cc(F)c1F. The molecule has 84 valence electrons. The molecule has 0 atom stereocenters. The van der Waals surface area contributed by atoms with Gasteiger partial charge in [-0.05, 0) is 0 Å². The molecule has 0 bridgehead atoms. The summed E-state index contributed by atoms with van der Waals surface area (Å²) in [7, 11) is -4.77. The van der Waals surface area contributed by atoms with E-state index in [1.54, 1.807) is 0 Å². The molecule has 1 aromatic rings. The molecule has 0 heterocycles. The molecule has 0 saturated carbocycles. The minimum Gasteiger partial charge on any atom is -0.364 e. The van der Waals surface area contributed by atoms with Crippen molar-refractivity contribution in [1.82, 2.24) is 0 Å². The normalized spacial score (nSPS) is 11.5. The monoisotopic (exact) mass is 245 g/mol. The fourth-order valence-electron chi connectivity index (χ4n) is 0.741. The lowest BCUT2D eigenvalue weighted by atomic mass is 10.3. The summed E-state index contributed by atoms with van der Waals surface area (Å²) < 4.78 is 74.6. The predicted molar refractivity (Wildman–Crippen MR) is 40.0 cm³/mol. The van der Waals surface area contributed by atoms with Gasteiger partial charge in [-0.3, -0.25) is 0 Å².